The predicted octanol–water partition coefficient (Wildman–Crippen LogP) is 2.28. The van der Waals surface area contributed by atoms with Gasteiger partial charge in [-0.05, 0) is 20.3 Å². The lowest BCUT2D eigenvalue weighted by molar-refractivity contribution is 0.605. The van der Waals surface area contributed by atoms with Crippen LogP contribution >= 0.6 is 0 Å². The van der Waals surface area contributed by atoms with Gasteiger partial charge in [-0.15, -0.1) is 0 Å². The highest BCUT2D eigenvalue weighted by Gasteiger charge is 2.11. The highest BCUT2D eigenvalue weighted by molar-refractivity contribution is 5.43. The quantitative estimate of drug-likeness (QED) is 0.808. The maximum atomic E-state index is 13.5. The van der Waals surface area contributed by atoms with Gasteiger partial charge in [-0.25, -0.2) is 9.37 Å². The van der Waals surface area contributed by atoms with E-state index in [-0.39, 0.29) is 5.82 Å². The zero-order chi connectivity index (χ0) is 12.0. The van der Waals surface area contributed by atoms with Gasteiger partial charge in [0.25, 0.3) is 0 Å². The summed E-state index contributed by atoms with van der Waals surface area (Å²) in [4.78, 5) is 9.95. The largest absolute Gasteiger partial charge is 0.355 e. The highest BCUT2D eigenvalue weighted by atomic mass is 19.1. The first-order valence-electron chi connectivity index (χ1n) is 5.74. The van der Waals surface area contributed by atoms with Crippen LogP contribution < -0.4 is 10.2 Å². The minimum absolute atomic E-state index is 0.370. The molecule has 0 radical (unpaired) electrons. The monoisotopic (exact) mass is 226 g/mol. The summed E-state index contributed by atoms with van der Waals surface area (Å²) in [5, 5.41) is 3.05. The number of rotatable bonds is 6. The van der Waals surface area contributed by atoms with E-state index in [1.54, 1.807) is 0 Å². The molecule has 0 unspecified atom stereocenters. The Labute approximate surface area is 95.9 Å². The number of nitrogens with zero attached hydrogens (tertiary/aromatic N) is 3. The summed E-state index contributed by atoms with van der Waals surface area (Å²) in [6.07, 6.45) is 2.21. The van der Waals surface area contributed by atoms with Crippen molar-refractivity contribution in [1.82, 2.24) is 9.97 Å². The van der Waals surface area contributed by atoms with E-state index < -0.39 is 0 Å². The Morgan fingerprint density at radius 1 is 1.31 bits per heavy atom. The second-order valence-electron chi connectivity index (χ2n) is 3.46. The van der Waals surface area contributed by atoms with Gasteiger partial charge < -0.3 is 10.2 Å². The molecule has 0 atom stereocenters. The number of hydrogen-bond donors (Lipinski definition) is 1. The van der Waals surface area contributed by atoms with Crippen LogP contribution in [0.3, 0.4) is 0 Å². The molecule has 0 aliphatic heterocycles. The van der Waals surface area contributed by atoms with Crippen LogP contribution in [0, 0.1) is 5.82 Å². The van der Waals surface area contributed by atoms with Crippen molar-refractivity contribution < 1.29 is 4.39 Å². The van der Waals surface area contributed by atoms with Crippen LogP contribution in [0.2, 0.25) is 0 Å². The van der Waals surface area contributed by atoms with Crippen molar-refractivity contribution in [2.45, 2.75) is 27.2 Å². The van der Waals surface area contributed by atoms with Crippen molar-refractivity contribution >= 4 is 11.8 Å². The topological polar surface area (TPSA) is 41.1 Å². The number of anilines is 2. The van der Waals surface area contributed by atoms with Gasteiger partial charge in [-0.3, -0.25) is 0 Å². The zero-order valence-corrected chi connectivity index (χ0v) is 10.1. The third-order valence-corrected chi connectivity index (χ3v) is 2.32. The van der Waals surface area contributed by atoms with Gasteiger partial charge in [0.15, 0.2) is 11.6 Å². The summed E-state index contributed by atoms with van der Waals surface area (Å²) in [6.45, 7) is 8.27. The molecule has 0 fully saturated rings. The number of aromatic nitrogens is 2. The Hall–Kier alpha value is -1.39. The Morgan fingerprint density at radius 3 is 2.56 bits per heavy atom. The van der Waals surface area contributed by atoms with Gasteiger partial charge in [-0.2, -0.15) is 4.98 Å². The SMILES string of the molecule is CCCNc1ncc(F)c(N(CC)CC)n1. The van der Waals surface area contributed by atoms with E-state index in [1.165, 1.54) is 6.20 Å². The maximum Gasteiger partial charge on any atom is 0.224 e. The normalized spacial score (nSPS) is 10.2. The van der Waals surface area contributed by atoms with Gasteiger partial charge in [0, 0.05) is 19.6 Å². The summed E-state index contributed by atoms with van der Waals surface area (Å²) in [6, 6.07) is 0. The lowest BCUT2D eigenvalue weighted by atomic mass is 10.4. The van der Waals surface area contributed by atoms with Crippen LogP contribution in [0.1, 0.15) is 27.2 Å². The molecule has 0 aliphatic carbocycles. The molecule has 0 bridgehead atoms. The molecule has 0 aromatic carbocycles. The first kappa shape index (κ1) is 12.7. The summed E-state index contributed by atoms with van der Waals surface area (Å²) >= 11 is 0. The van der Waals surface area contributed by atoms with Gasteiger partial charge in [0.2, 0.25) is 5.95 Å². The van der Waals surface area contributed by atoms with Crippen molar-refractivity contribution in [2.75, 3.05) is 29.9 Å². The van der Waals surface area contributed by atoms with Crippen molar-refractivity contribution in [3.05, 3.63) is 12.0 Å². The van der Waals surface area contributed by atoms with E-state index in [4.69, 9.17) is 0 Å². The van der Waals surface area contributed by atoms with Crippen LogP contribution in [0.15, 0.2) is 6.20 Å². The summed E-state index contributed by atoms with van der Waals surface area (Å²) < 4.78 is 13.5. The molecule has 1 heterocycles. The minimum Gasteiger partial charge on any atom is -0.355 e. The molecule has 1 aromatic rings. The van der Waals surface area contributed by atoms with Gasteiger partial charge in [-0.1, -0.05) is 6.92 Å². The first-order chi connectivity index (χ1) is 7.72. The molecule has 1 N–H and O–H groups in total. The van der Waals surface area contributed by atoms with Crippen molar-refractivity contribution in [1.29, 1.82) is 0 Å². The second kappa shape index (κ2) is 6.25. The predicted molar refractivity (Wildman–Crippen MR) is 64.3 cm³/mol. The summed E-state index contributed by atoms with van der Waals surface area (Å²) in [7, 11) is 0. The van der Waals surface area contributed by atoms with Gasteiger partial charge >= 0.3 is 0 Å². The Balaban J connectivity index is 2.89. The molecule has 0 saturated carbocycles. The van der Waals surface area contributed by atoms with Crippen molar-refractivity contribution in [3.8, 4) is 0 Å². The van der Waals surface area contributed by atoms with E-state index in [9.17, 15) is 4.39 Å². The van der Waals surface area contributed by atoms with E-state index in [0.717, 1.165) is 26.1 Å². The van der Waals surface area contributed by atoms with Crippen LogP contribution in [-0.4, -0.2) is 29.6 Å². The summed E-state index contributed by atoms with van der Waals surface area (Å²) in [5.74, 6) is 0.495. The lowest BCUT2D eigenvalue weighted by Crippen LogP contribution is -2.25. The first-order valence-corrected chi connectivity index (χ1v) is 5.74. The van der Waals surface area contributed by atoms with Crippen LogP contribution in [-0.2, 0) is 0 Å². The molecular formula is C11H19FN4. The molecule has 4 nitrogen and oxygen atoms in total. The summed E-state index contributed by atoms with van der Waals surface area (Å²) in [5.41, 5.74) is 0. The van der Waals surface area contributed by atoms with Crippen LogP contribution in [0.4, 0.5) is 16.2 Å². The van der Waals surface area contributed by atoms with Gasteiger partial charge in [0.1, 0.15) is 0 Å². The highest BCUT2D eigenvalue weighted by Crippen LogP contribution is 2.16. The molecule has 1 rings (SSSR count). The zero-order valence-electron chi connectivity index (χ0n) is 10.1. The van der Waals surface area contributed by atoms with E-state index >= 15 is 0 Å². The molecular weight excluding hydrogens is 207 g/mol. The maximum absolute atomic E-state index is 13.5. The third-order valence-electron chi connectivity index (χ3n) is 2.32. The Kier molecular flexibility index (Phi) is 4.95. The standard InChI is InChI=1S/C11H19FN4/c1-4-7-13-11-14-8-9(12)10(15-11)16(5-2)6-3/h8H,4-7H2,1-3H3,(H,13,14,15). The fourth-order valence-corrected chi connectivity index (χ4v) is 1.43. The van der Waals surface area contributed by atoms with Gasteiger partial charge in [0.05, 0.1) is 6.20 Å². The lowest BCUT2D eigenvalue weighted by Gasteiger charge is -2.20. The van der Waals surface area contributed by atoms with E-state index in [0.29, 0.717) is 11.8 Å². The molecule has 0 saturated heterocycles. The van der Waals surface area contributed by atoms with Crippen LogP contribution in [0.5, 0.6) is 0 Å². The molecule has 0 spiro atoms. The van der Waals surface area contributed by atoms with Crippen LogP contribution in [0.25, 0.3) is 0 Å². The molecule has 90 valence electrons. The second-order valence-corrected chi connectivity index (χ2v) is 3.46. The Bertz CT molecular complexity index is 326. The fourth-order valence-electron chi connectivity index (χ4n) is 1.43. The third kappa shape index (κ3) is 3.05. The Morgan fingerprint density at radius 2 is 2.00 bits per heavy atom. The van der Waals surface area contributed by atoms with E-state index in [2.05, 4.69) is 22.2 Å². The molecule has 0 amide bonds. The average molecular weight is 226 g/mol. The molecule has 16 heavy (non-hydrogen) atoms. The van der Waals surface area contributed by atoms with Crippen molar-refractivity contribution in [3.63, 3.8) is 0 Å². The van der Waals surface area contributed by atoms with Crippen molar-refractivity contribution in [2.24, 2.45) is 0 Å². The number of nitrogens with one attached hydrogen (secondary N) is 1. The smallest absolute Gasteiger partial charge is 0.224 e. The fraction of sp³-hybridized carbons (Fsp3) is 0.636. The number of halogens is 1. The molecule has 5 heteroatoms. The number of hydrogen-bond acceptors (Lipinski definition) is 4. The molecule has 0 aliphatic rings. The average Bonchev–Trinajstić information content (AvgIpc) is 2.31. The minimum atomic E-state index is -0.370. The molecule has 1 aromatic heterocycles. The van der Waals surface area contributed by atoms with E-state index in [1.807, 2.05) is 18.7 Å².